The number of amides is 2. The Labute approximate surface area is 136 Å². The summed E-state index contributed by atoms with van der Waals surface area (Å²) in [4.78, 5) is 26.1. The van der Waals surface area contributed by atoms with Crippen molar-refractivity contribution in [3.63, 3.8) is 0 Å². The number of hydrogen-bond acceptors (Lipinski definition) is 5. The number of cyclic esters (lactones) is 1. The van der Waals surface area contributed by atoms with Gasteiger partial charge in [-0.05, 0) is 11.5 Å². The zero-order valence-corrected chi connectivity index (χ0v) is 13.9. The van der Waals surface area contributed by atoms with E-state index in [1.54, 1.807) is 24.3 Å². The minimum Gasteiger partial charge on any atom is -0.496 e. The summed E-state index contributed by atoms with van der Waals surface area (Å²) in [5.74, 6) is -0.846. The number of rotatable bonds is 4. The van der Waals surface area contributed by atoms with Gasteiger partial charge in [0.2, 0.25) is 5.91 Å². The van der Waals surface area contributed by atoms with Crippen LogP contribution in [0.1, 0.15) is 32.3 Å². The Bertz CT molecular complexity index is 593. The van der Waals surface area contributed by atoms with Crippen LogP contribution >= 0.6 is 0 Å². The maximum atomic E-state index is 12.9. The Morgan fingerprint density at radius 2 is 2.09 bits per heavy atom. The van der Waals surface area contributed by atoms with Crippen LogP contribution < -0.4 is 4.74 Å². The lowest BCUT2D eigenvalue weighted by Crippen LogP contribution is -2.48. The van der Waals surface area contributed by atoms with Gasteiger partial charge in [0.25, 0.3) is 0 Å². The molecule has 1 aliphatic rings. The summed E-state index contributed by atoms with van der Waals surface area (Å²) in [6, 6.07) is 6.60. The van der Waals surface area contributed by atoms with E-state index in [2.05, 4.69) is 0 Å². The molecule has 2 rings (SSSR count). The Hall–Kier alpha value is -2.08. The lowest BCUT2D eigenvalue weighted by Gasteiger charge is -2.32. The first-order valence-corrected chi connectivity index (χ1v) is 7.54. The predicted molar refractivity (Wildman–Crippen MR) is 84.3 cm³/mol. The third kappa shape index (κ3) is 3.32. The number of carbonyl (C=O) groups excluding carboxylic acids is 2. The van der Waals surface area contributed by atoms with Crippen molar-refractivity contribution in [1.82, 2.24) is 4.90 Å². The van der Waals surface area contributed by atoms with Crippen LogP contribution in [-0.2, 0) is 9.53 Å². The zero-order chi connectivity index (χ0) is 17.2. The molecule has 0 aromatic heterocycles. The Morgan fingerprint density at radius 3 is 2.65 bits per heavy atom. The number of nitrogens with zero attached hydrogens (tertiary/aromatic N) is 1. The van der Waals surface area contributed by atoms with Crippen LogP contribution in [0.4, 0.5) is 4.79 Å². The first kappa shape index (κ1) is 17.3. The fraction of sp³-hybridized carbons (Fsp3) is 0.529. The number of imide groups is 1. The molecule has 1 aromatic carbocycles. The van der Waals surface area contributed by atoms with Crippen molar-refractivity contribution in [2.45, 2.75) is 32.7 Å². The van der Waals surface area contributed by atoms with Crippen molar-refractivity contribution in [2.24, 2.45) is 5.41 Å². The fourth-order valence-corrected chi connectivity index (χ4v) is 2.73. The second-order valence-corrected chi connectivity index (χ2v) is 6.64. The first-order valence-electron chi connectivity index (χ1n) is 7.54. The minimum absolute atomic E-state index is 0.165. The summed E-state index contributed by atoms with van der Waals surface area (Å²) in [7, 11) is 1.50. The van der Waals surface area contributed by atoms with Crippen molar-refractivity contribution in [2.75, 3.05) is 20.3 Å². The molecule has 0 bridgehead atoms. The van der Waals surface area contributed by atoms with Gasteiger partial charge in [-0.15, -0.1) is 0 Å². The van der Waals surface area contributed by atoms with Gasteiger partial charge in [0.05, 0.1) is 25.7 Å². The normalized spacial score (nSPS) is 19.4. The molecule has 126 valence electrons. The summed E-state index contributed by atoms with van der Waals surface area (Å²) < 4.78 is 10.3. The number of para-hydroxylation sites is 1. The van der Waals surface area contributed by atoms with E-state index in [4.69, 9.17) is 9.47 Å². The number of hydrogen-bond donors (Lipinski definition) is 1. The zero-order valence-electron chi connectivity index (χ0n) is 13.9. The highest BCUT2D eigenvalue weighted by molar-refractivity contribution is 5.97. The van der Waals surface area contributed by atoms with Crippen LogP contribution in [0.15, 0.2) is 24.3 Å². The monoisotopic (exact) mass is 321 g/mol. The molecule has 0 saturated carbocycles. The smallest absolute Gasteiger partial charge is 0.417 e. The molecule has 0 aliphatic carbocycles. The number of ether oxygens (including phenoxy) is 2. The van der Waals surface area contributed by atoms with Gasteiger partial charge < -0.3 is 14.6 Å². The Kier molecular flexibility index (Phi) is 4.94. The van der Waals surface area contributed by atoms with Crippen LogP contribution in [0, 0.1) is 5.41 Å². The van der Waals surface area contributed by atoms with E-state index in [-0.39, 0.29) is 18.1 Å². The third-order valence-electron chi connectivity index (χ3n) is 4.11. The van der Waals surface area contributed by atoms with Gasteiger partial charge in [-0.25, -0.2) is 9.69 Å². The molecule has 0 unspecified atom stereocenters. The molecule has 1 aliphatic heterocycles. The highest BCUT2D eigenvalue weighted by Gasteiger charge is 2.46. The van der Waals surface area contributed by atoms with Gasteiger partial charge >= 0.3 is 6.09 Å². The van der Waals surface area contributed by atoms with E-state index < -0.39 is 24.5 Å². The molecule has 0 spiro atoms. The maximum Gasteiger partial charge on any atom is 0.417 e. The molecule has 1 saturated heterocycles. The third-order valence-corrected chi connectivity index (χ3v) is 4.11. The average molecular weight is 321 g/mol. The number of aliphatic hydroxyl groups excluding tert-OH is 1. The molecule has 2 amide bonds. The molecule has 1 heterocycles. The molecule has 23 heavy (non-hydrogen) atoms. The van der Waals surface area contributed by atoms with E-state index in [0.717, 1.165) is 4.90 Å². The van der Waals surface area contributed by atoms with E-state index >= 15 is 0 Å². The molecule has 1 fully saturated rings. The number of aliphatic hydroxyl groups is 1. The maximum absolute atomic E-state index is 12.9. The molecule has 6 heteroatoms. The van der Waals surface area contributed by atoms with Gasteiger partial charge in [-0.1, -0.05) is 39.0 Å². The van der Waals surface area contributed by atoms with E-state index in [1.165, 1.54) is 7.11 Å². The molecule has 0 radical (unpaired) electrons. The van der Waals surface area contributed by atoms with Gasteiger partial charge in [-0.3, -0.25) is 4.79 Å². The van der Waals surface area contributed by atoms with Gasteiger partial charge in [0.15, 0.2) is 0 Å². The highest BCUT2D eigenvalue weighted by Crippen LogP contribution is 2.34. The number of carbonyl (C=O) groups is 2. The average Bonchev–Trinajstić information content (AvgIpc) is 2.90. The molecule has 1 aromatic rings. The summed E-state index contributed by atoms with van der Waals surface area (Å²) >= 11 is 0. The fourth-order valence-electron chi connectivity index (χ4n) is 2.73. The Morgan fingerprint density at radius 1 is 1.43 bits per heavy atom. The van der Waals surface area contributed by atoms with Crippen molar-refractivity contribution in [3.05, 3.63) is 29.8 Å². The topological polar surface area (TPSA) is 76.1 Å². The SMILES string of the molecule is COc1ccccc1[C@H](CO)C(=O)N1C(=O)OC[C@@H]1C(C)(C)C. The highest BCUT2D eigenvalue weighted by atomic mass is 16.6. The van der Waals surface area contributed by atoms with Gasteiger partial charge in [0, 0.05) is 5.56 Å². The van der Waals surface area contributed by atoms with Crippen molar-refractivity contribution < 1.29 is 24.2 Å². The quantitative estimate of drug-likeness (QED) is 0.920. The lowest BCUT2D eigenvalue weighted by atomic mass is 9.85. The van der Waals surface area contributed by atoms with Crippen LogP contribution in [-0.4, -0.2) is 48.4 Å². The predicted octanol–water partition coefficient (Wildman–Crippen LogP) is 2.16. The lowest BCUT2D eigenvalue weighted by molar-refractivity contribution is -0.133. The van der Waals surface area contributed by atoms with Crippen LogP contribution in [0.2, 0.25) is 0 Å². The molecule has 6 nitrogen and oxygen atoms in total. The Balaban J connectivity index is 2.37. The molecular weight excluding hydrogens is 298 g/mol. The number of methoxy groups -OCH3 is 1. The standard InChI is InChI=1S/C17H23NO5/c1-17(2,3)14-10-23-16(21)18(14)15(20)12(9-19)11-7-5-6-8-13(11)22-4/h5-8,12,14,19H,9-10H2,1-4H3/t12-,14+/m0/s1. The largest absolute Gasteiger partial charge is 0.496 e. The second kappa shape index (κ2) is 6.58. The molecular formula is C17H23NO5. The summed E-state index contributed by atoms with van der Waals surface area (Å²) in [5.41, 5.74) is 0.234. The van der Waals surface area contributed by atoms with Crippen LogP contribution in [0.5, 0.6) is 5.75 Å². The van der Waals surface area contributed by atoms with E-state index in [1.807, 2.05) is 20.8 Å². The molecule has 2 atom stereocenters. The number of benzene rings is 1. The van der Waals surface area contributed by atoms with E-state index in [9.17, 15) is 14.7 Å². The van der Waals surface area contributed by atoms with Crippen molar-refractivity contribution in [3.8, 4) is 5.75 Å². The summed E-state index contributed by atoms with van der Waals surface area (Å²) in [6.07, 6.45) is -0.664. The van der Waals surface area contributed by atoms with Crippen LogP contribution in [0.3, 0.4) is 0 Å². The molecule has 1 N–H and O–H groups in total. The summed E-state index contributed by atoms with van der Waals surface area (Å²) in [6.45, 7) is 5.57. The first-order chi connectivity index (χ1) is 10.8. The van der Waals surface area contributed by atoms with Gasteiger partial charge in [-0.2, -0.15) is 0 Å². The second-order valence-electron chi connectivity index (χ2n) is 6.64. The van der Waals surface area contributed by atoms with E-state index in [0.29, 0.717) is 11.3 Å². The van der Waals surface area contributed by atoms with Crippen molar-refractivity contribution >= 4 is 12.0 Å². The minimum atomic E-state index is -0.873. The van der Waals surface area contributed by atoms with Gasteiger partial charge in [0.1, 0.15) is 12.4 Å². The summed E-state index contributed by atoms with van der Waals surface area (Å²) in [5, 5.41) is 9.75. The van der Waals surface area contributed by atoms with Crippen LogP contribution in [0.25, 0.3) is 0 Å². The van der Waals surface area contributed by atoms with Crippen molar-refractivity contribution in [1.29, 1.82) is 0 Å².